The molecule has 6 heteroatoms. The monoisotopic (exact) mass is 416 g/mol. The lowest BCUT2D eigenvalue weighted by molar-refractivity contribution is -0.116. The standard InChI is InChI=1S/C25H21FN2O3/c1-17-10-12-18(13-11-17)30-22-9-5-4-8-21(22)28-24(29)14-15-25-27-16-23(31-25)19-6-2-3-7-20(19)26/h2-13,16H,14-15H2,1H3,(H,28,29). The van der Waals surface area contributed by atoms with E-state index in [0.29, 0.717) is 40.8 Å². The number of anilines is 1. The van der Waals surface area contributed by atoms with Crippen LogP contribution in [0.2, 0.25) is 0 Å². The zero-order chi connectivity index (χ0) is 21.6. The topological polar surface area (TPSA) is 64.4 Å². The second-order valence-corrected chi connectivity index (χ2v) is 7.06. The summed E-state index contributed by atoms with van der Waals surface area (Å²) in [7, 11) is 0. The Bertz CT molecular complexity index is 1190. The van der Waals surface area contributed by atoms with E-state index in [-0.39, 0.29) is 18.1 Å². The maximum atomic E-state index is 13.9. The van der Waals surface area contributed by atoms with Crippen LogP contribution in [0, 0.1) is 12.7 Å². The quantitative estimate of drug-likeness (QED) is 0.392. The molecule has 5 nitrogen and oxygen atoms in total. The van der Waals surface area contributed by atoms with Crippen LogP contribution >= 0.6 is 0 Å². The smallest absolute Gasteiger partial charge is 0.224 e. The number of nitrogens with zero attached hydrogens (tertiary/aromatic N) is 1. The summed E-state index contributed by atoms with van der Waals surface area (Å²) < 4.78 is 25.4. The average Bonchev–Trinajstić information content (AvgIpc) is 3.24. The first-order chi connectivity index (χ1) is 15.1. The van der Waals surface area contributed by atoms with Crippen molar-refractivity contribution in [2.24, 2.45) is 0 Å². The predicted octanol–water partition coefficient (Wildman–Crippen LogP) is 6.15. The molecule has 3 aromatic carbocycles. The highest BCUT2D eigenvalue weighted by Crippen LogP contribution is 2.29. The molecule has 0 saturated carbocycles. The van der Waals surface area contributed by atoms with Crippen LogP contribution in [0.15, 0.2) is 83.4 Å². The molecule has 0 radical (unpaired) electrons. The number of aromatic nitrogens is 1. The number of hydrogen-bond acceptors (Lipinski definition) is 4. The van der Waals surface area contributed by atoms with E-state index in [1.807, 2.05) is 43.3 Å². The molecule has 0 spiro atoms. The van der Waals surface area contributed by atoms with E-state index in [4.69, 9.17) is 9.15 Å². The van der Waals surface area contributed by atoms with E-state index in [0.717, 1.165) is 5.56 Å². The molecule has 1 aromatic heterocycles. The molecule has 0 saturated heterocycles. The van der Waals surface area contributed by atoms with Crippen molar-refractivity contribution in [3.8, 4) is 22.8 Å². The summed E-state index contributed by atoms with van der Waals surface area (Å²) >= 11 is 0. The van der Waals surface area contributed by atoms with Gasteiger partial charge < -0.3 is 14.5 Å². The fraction of sp³-hybridized carbons (Fsp3) is 0.120. The summed E-state index contributed by atoms with van der Waals surface area (Å²) in [5, 5.41) is 2.87. The van der Waals surface area contributed by atoms with Crippen molar-refractivity contribution in [1.82, 2.24) is 4.98 Å². The van der Waals surface area contributed by atoms with Gasteiger partial charge in [0.2, 0.25) is 5.91 Å². The zero-order valence-corrected chi connectivity index (χ0v) is 17.0. The minimum Gasteiger partial charge on any atom is -0.455 e. The molecule has 4 aromatic rings. The van der Waals surface area contributed by atoms with Gasteiger partial charge in [0.05, 0.1) is 17.4 Å². The second kappa shape index (κ2) is 9.26. The van der Waals surface area contributed by atoms with Gasteiger partial charge in [0.1, 0.15) is 11.6 Å². The van der Waals surface area contributed by atoms with Crippen molar-refractivity contribution in [2.45, 2.75) is 19.8 Å². The number of carbonyl (C=O) groups is 1. The van der Waals surface area contributed by atoms with E-state index >= 15 is 0 Å². The van der Waals surface area contributed by atoms with Gasteiger partial charge in [0.15, 0.2) is 17.4 Å². The molecule has 0 bridgehead atoms. The summed E-state index contributed by atoms with van der Waals surface area (Å²) in [4.78, 5) is 16.6. The van der Waals surface area contributed by atoms with Gasteiger partial charge in [-0.25, -0.2) is 9.37 Å². The van der Waals surface area contributed by atoms with Crippen LogP contribution < -0.4 is 10.1 Å². The van der Waals surface area contributed by atoms with Gasteiger partial charge in [-0.3, -0.25) is 4.79 Å². The number of amides is 1. The van der Waals surface area contributed by atoms with Crippen LogP contribution in [0.3, 0.4) is 0 Å². The van der Waals surface area contributed by atoms with Gasteiger partial charge in [-0.2, -0.15) is 0 Å². The number of oxazole rings is 1. The first-order valence-electron chi connectivity index (χ1n) is 9.91. The number of halogens is 1. The number of ether oxygens (including phenoxy) is 1. The molecule has 0 aliphatic carbocycles. The van der Waals surface area contributed by atoms with Crippen molar-refractivity contribution in [3.63, 3.8) is 0 Å². The highest BCUT2D eigenvalue weighted by molar-refractivity contribution is 5.92. The Balaban J connectivity index is 1.38. The fourth-order valence-electron chi connectivity index (χ4n) is 3.04. The SMILES string of the molecule is Cc1ccc(Oc2ccccc2NC(=O)CCc2ncc(-c3ccccc3F)o2)cc1. The number of rotatable bonds is 7. The van der Waals surface area contributed by atoms with Crippen LogP contribution in [0.4, 0.5) is 10.1 Å². The van der Waals surface area contributed by atoms with Crippen molar-refractivity contribution in [2.75, 3.05) is 5.32 Å². The molecular formula is C25H21FN2O3. The number of benzene rings is 3. The van der Waals surface area contributed by atoms with Gasteiger partial charge in [-0.1, -0.05) is 42.0 Å². The Hall–Kier alpha value is -3.93. The molecule has 0 unspecified atom stereocenters. The average molecular weight is 416 g/mol. The molecule has 0 atom stereocenters. The maximum Gasteiger partial charge on any atom is 0.224 e. The lowest BCUT2D eigenvalue weighted by Crippen LogP contribution is -2.13. The van der Waals surface area contributed by atoms with E-state index < -0.39 is 0 Å². The fourth-order valence-corrected chi connectivity index (χ4v) is 3.04. The van der Waals surface area contributed by atoms with Gasteiger partial charge in [-0.15, -0.1) is 0 Å². The molecule has 0 aliphatic rings. The van der Waals surface area contributed by atoms with Crippen LogP contribution in [-0.4, -0.2) is 10.9 Å². The lowest BCUT2D eigenvalue weighted by Gasteiger charge is -2.12. The Morgan fingerprint density at radius 2 is 1.77 bits per heavy atom. The van der Waals surface area contributed by atoms with Crippen molar-refractivity contribution < 1.29 is 18.3 Å². The van der Waals surface area contributed by atoms with Crippen LogP contribution in [0.5, 0.6) is 11.5 Å². The van der Waals surface area contributed by atoms with Crippen molar-refractivity contribution >= 4 is 11.6 Å². The first-order valence-corrected chi connectivity index (χ1v) is 9.91. The molecule has 31 heavy (non-hydrogen) atoms. The van der Waals surface area contributed by atoms with E-state index in [9.17, 15) is 9.18 Å². The number of aryl methyl sites for hydroxylation is 2. The highest BCUT2D eigenvalue weighted by atomic mass is 19.1. The summed E-state index contributed by atoms with van der Waals surface area (Å²) in [6, 6.07) is 21.2. The molecule has 0 aliphatic heterocycles. The molecule has 1 heterocycles. The Morgan fingerprint density at radius 3 is 2.58 bits per heavy atom. The Labute approximate surface area is 179 Å². The molecular weight excluding hydrogens is 395 g/mol. The largest absolute Gasteiger partial charge is 0.455 e. The normalized spacial score (nSPS) is 10.6. The van der Waals surface area contributed by atoms with Gasteiger partial charge in [0.25, 0.3) is 0 Å². The molecule has 4 rings (SSSR count). The first kappa shape index (κ1) is 20.3. The number of carbonyl (C=O) groups excluding carboxylic acids is 1. The number of para-hydroxylation sites is 2. The molecule has 0 fully saturated rings. The summed E-state index contributed by atoms with van der Waals surface area (Å²) in [6.07, 6.45) is 1.92. The highest BCUT2D eigenvalue weighted by Gasteiger charge is 2.13. The maximum absolute atomic E-state index is 13.9. The molecule has 156 valence electrons. The van der Waals surface area contributed by atoms with Gasteiger partial charge >= 0.3 is 0 Å². The second-order valence-electron chi connectivity index (χ2n) is 7.06. The summed E-state index contributed by atoms with van der Waals surface area (Å²) in [5.74, 6) is 1.37. The third-order valence-electron chi connectivity index (χ3n) is 4.67. The molecule has 1 amide bonds. The van der Waals surface area contributed by atoms with Crippen LogP contribution in [0.25, 0.3) is 11.3 Å². The van der Waals surface area contributed by atoms with Crippen LogP contribution in [-0.2, 0) is 11.2 Å². The van der Waals surface area contributed by atoms with Gasteiger partial charge in [-0.05, 0) is 43.3 Å². The summed E-state index contributed by atoms with van der Waals surface area (Å²) in [6.45, 7) is 2.01. The van der Waals surface area contributed by atoms with Crippen molar-refractivity contribution in [3.05, 3.63) is 96.3 Å². The molecule has 1 N–H and O–H groups in total. The zero-order valence-electron chi connectivity index (χ0n) is 17.0. The number of hydrogen-bond donors (Lipinski definition) is 1. The van der Waals surface area contributed by atoms with Crippen LogP contribution in [0.1, 0.15) is 17.9 Å². The van der Waals surface area contributed by atoms with Crippen molar-refractivity contribution in [1.29, 1.82) is 0 Å². The minimum absolute atomic E-state index is 0.163. The third-order valence-corrected chi connectivity index (χ3v) is 4.67. The Morgan fingerprint density at radius 1 is 1.03 bits per heavy atom. The Kier molecular flexibility index (Phi) is 6.08. The predicted molar refractivity (Wildman–Crippen MR) is 117 cm³/mol. The van der Waals surface area contributed by atoms with E-state index in [1.54, 1.807) is 30.3 Å². The number of nitrogens with one attached hydrogen (secondary N) is 1. The third kappa shape index (κ3) is 5.17. The summed E-state index contributed by atoms with van der Waals surface area (Å²) in [5.41, 5.74) is 2.05. The lowest BCUT2D eigenvalue weighted by atomic mass is 10.2. The minimum atomic E-state index is -0.381. The van der Waals surface area contributed by atoms with E-state index in [1.165, 1.54) is 12.3 Å². The van der Waals surface area contributed by atoms with Gasteiger partial charge in [0, 0.05) is 12.8 Å². The van der Waals surface area contributed by atoms with E-state index in [2.05, 4.69) is 10.3 Å².